The Morgan fingerprint density at radius 1 is 1.17 bits per heavy atom. The lowest BCUT2D eigenvalue weighted by Crippen LogP contribution is -2.40. The van der Waals surface area contributed by atoms with Crippen LogP contribution in [-0.4, -0.2) is 25.5 Å². The number of rotatable bonds is 4. The van der Waals surface area contributed by atoms with Crippen LogP contribution in [0.5, 0.6) is 0 Å². The molecule has 1 aliphatic rings. The van der Waals surface area contributed by atoms with Crippen molar-refractivity contribution in [3.63, 3.8) is 0 Å². The number of amides is 1. The van der Waals surface area contributed by atoms with E-state index in [1.165, 1.54) is 5.56 Å². The first-order valence-corrected chi connectivity index (χ1v) is 8.12. The second-order valence-electron chi connectivity index (χ2n) is 5.93. The molecule has 3 rings (SSSR count). The average Bonchev–Trinajstić information content (AvgIpc) is 2.78. The number of para-hydroxylation sites is 1. The summed E-state index contributed by atoms with van der Waals surface area (Å²) in [6, 6.07) is 18.4. The fraction of sp³-hybridized carbons (Fsp3) is 0.316. The molecule has 24 heavy (non-hydrogen) atoms. The topological polar surface area (TPSA) is 44.4 Å². The Bertz CT molecular complexity index is 663. The Morgan fingerprint density at radius 2 is 1.88 bits per heavy atom. The van der Waals surface area contributed by atoms with E-state index in [2.05, 4.69) is 27.7 Å². The van der Waals surface area contributed by atoms with Crippen molar-refractivity contribution in [2.24, 2.45) is 0 Å². The van der Waals surface area contributed by atoms with E-state index in [0.29, 0.717) is 6.54 Å². The molecule has 128 valence electrons. The highest BCUT2D eigenvalue weighted by atomic mass is 35.5. The molecule has 0 fully saturated rings. The molecule has 2 aromatic carbocycles. The van der Waals surface area contributed by atoms with Crippen LogP contribution in [0.25, 0.3) is 0 Å². The number of nitrogens with zero attached hydrogens (tertiary/aromatic N) is 1. The second-order valence-corrected chi connectivity index (χ2v) is 5.93. The fourth-order valence-corrected chi connectivity index (χ4v) is 2.98. The summed E-state index contributed by atoms with van der Waals surface area (Å²) >= 11 is 0. The molecule has 0 spiro atoms. The van der Waals surface area contributed by atoms with Gasteiger partial charge in [0.05, 0.1) is 12.6 Å². The van der Waals surface area contributed by atoms with Crippen molar-refractivity contribution in [2.45, 2.75) is 19.5 Å². The van der Waals surface area contributed by atoms with Crippen molar-refractivity contribution < 1.29 is 4.79 Å². The summed E-state index contributed by atoms with van der Waals surface area (Å²) in [6.45, 7) is 4.98. The Morgan fingerprint density at radius 3 is 2.67 bits per heavy atom. The lowest BCUT2D eigenvalue weighted by atomic mass is 10.1. The van der Waals surface area contributed by atoms with Gasteiger partial charge in [-0.05, 0) is 24.1 Å². The van der Waals surface area contributed by atoms with Crippen LogP contribution in [-0.2, 0) is 11.3 Å². The van der Waals surface area contributed by atoms with Gasteiger partial charge in [-0.3, -0.25) is 4.79 Å². The maximum absolute atomic E-state index is 12.4. The van der Waals surface area contributed by atoms with Crippen LogP contribution in [0.2, 0.25) is 0 Å². The van der Waals surface area contributed by atoms with Gasteiger partial charge in [0.25, 0.3) is 0 Å². The van der Waals surface area contributed by atoms with E-state index in [9.17, 15) is 4.79 Å². The summed E-state index contributed by atoms with van der Waals surface area (Å²) in [6.07, 6.45) is 0. The van der Waals surface area contributed by atoms with Crippen molar-refractivity contribution >= 4 is 24.0 Å². The number of hydrogen-bond donors (Lipinski definition) is 2. The third kappa shape index (κ3) is 4.49. The minimum Gasteiger partial charge on any atom is -0.361 e. The normalized spacial score (nSPS) is 14.8. The summed E-state index contributed by atoms with van der Waals surface area (Å²) < 4.78 is 0. The number of carbonyl (C=O) groups is 1. The van der Waals surface area contributed by atoms with Gasteiger partial charge in [-0.25, -0.2) is 0 Å². The molecular formula is C19H24ClN3O. The molecular weight excluding hydrogens is 322 g/mol. The van der Waals surface area contributed by atoms with Gasteiger partial charge in [0.2, 0.25) is 5.91 Å². The summed E-state index contributed by atoms with van der Waals surface area (Å²) in [5, 5.41) is 6.49. The summed E-state index contributed by atoms with van der Waals surface area (Å²) in [4.78, 5) is 14.6. The smallest absolute Gasteiger partial charge is 0.239 e. The van der Waals surface area contributed by atoms with Gasteiger partial charge in [-0.1, -0.05) is 48.5 Å². The van der Waals surface area contributed by atoms with Crippen LogP contribution in [0.3, 0.4) is 0 Å². The number of hydrogen-bond acceptors (Lipinski definition) is 3. The van der Waals surface area contributed by atoms with E-state index < -0.39 is 0 Å². The zero-order valence-electron chi connectivity index (χ0n) is 13.9. The van der Waals surface area contributed by atoms with Crippen LogP contribution in [0, 0.1) is 0 Å². The lowest BCUT2D eigenvalue weighted by Gasteiger charge is -2.25. The predicted octanol–water partition coefficient (Wildman–Crippen LogP) is 2.90. The van der Waals surface area contributed by atoms with Gasteiger partial charge < -0.3 is 15.5 Å². The lowest BCUT2D eigenvalue weighted by molar-refractivity contribution is -0.120. The molecule has 2 aromatic rings. The first-order valence-electron chi connectivity index (χ1n) is 8.12. The SMILES string of the molecule is CC(NC(=O)CN1CCNCc2ccccc21)c1ccccc1.Cl. The molecule has 1 unspecified atom stereocenters. The van der Waals surface area contributed by atoms with Gasteiger partial charge in [0.1, 0.15) is 0 Å². The molecule has 2 N–H and O–H groups in total. The van der Waals surface area contributed by atoms with Gasteiger partial charge in [-0.15, -0.1) is 12.4 Å². The van der Waals surface area contributed by atoms with E-state index in [4.69, 9.17) is 0 Å². The average molecular weight is 346 g/mol. The number of nitrogens with one attached hydrogen (secondary N) is 2. The van der Waals surface area contributed by atoms with Gasteiger partial charge in [-0.2, -0.15) is 0 Å². The second kappa shape index (κ2) is 8.71. The van der Waals surface area contributed by atoms with E-state index in [0.717, 1.165) is 30.9 Å². The Balaban J connectivity index is 0.00000208. The summed E-state index contributed by atoms with van der Waals surface area (Å²) in [5.74, 6) is 0.0538. The van der Waals surface area contributed by atoms with E-state index in [1.54, 1.807) is 0 Å². The molecule has 0 aliphatic carbocycles. The maximum atomic E-state index is 12.4. The van der Waals surface area contributed by atoms with E-state index in [-0.39, 0.29) is 24.4 Å². The monoisotopic (exact) mass is 345 g/mol. The first-order chi connectivity index (χ1) is 11.2. The third-order valence-corrected chi connectivity index (χ3v) is 4.22. The molecule has 5 heteroatoms. The van der Waals surface area contributed by atoms with Crippen molar-refractivity contribution in [1.82, 2.24) is 10.6 Å². The van der Waals surface area contributed by atoms with Crippen LogP contribution >= 0.6 is 12.4 Å². The Kier molecular flexibility index (Phi) is 6.64. The molecule has 0 saturated heterocycles. The maximum Gasteiger partial charge on any atom is 0.239 e. The zero-order chi connectivity index (χ0) is 16.1. The van der Waals surface area contributed by atoms with Crippen LogP contribution in [0.1, 0.15) is 24.1 Å². The molecule has 0 bridgehead atoms. The number of fused-ring (bicyclic) bond motifs is 1. The fourth-order valence-electron chi connectivity index (χ4n) is 2.98. The molecule has 0 radical (unpaired) electrons. The van der Waals surface area contributed by atoms with Crippen LogP contribution in [0.4, 0.5) is 5.69 Å². The molecule has 1 amide bonds. The van der Waals surface area contributed by atoms with Crippen molar-refractivity contribution in [1.29, 1.82) is 0 Å². The molecule has 0 aromatic heterocycles. The van der Waals surface area contributed by atoms with Gasteiger partial charge in [0, 0.05) is 25.3 Å². The number of carbonyl (C=O) groups excluding carboxylic acids is 1. The van der Waals surface area contributed by atoms with E-state index >= 15 is 0 Å². The minimum absolute atomic E-state index is 0. The van der Waals surface area contributed by atoms with Crippen molar-refractivity contribution in [3.8, 4) is 0 Å². The number of halogens is 1. The highest BCUT2D eigenvalue weighted by Crippen LogP contribution is 2.21. The van der Waals surface area contributed by atoms with Gasteiger partial charge in [0.15, 0.2) is 0 Å². The van der Waals surface area contributed by atoms with Crippen LogP contribution in [0.15, 0.2) is 54.6 Å². The standard InChI is InChI=1S/C19H23N3O.ClH/c1-15(16-7-3-2-4-8-16)21-19(23)14-22-12-11-20-13-17-9-5-6-10-18(17)22;/h2-10,15,20H,11-14H2,1H3,(H,21,23);1H. The minimum atomic E-state index is 0. The molecule has 1 atom stereocenters. The quantitative estimate of drug-likeness (QED) is 0.895. The number of benzene rings is 2. The highest BCUT2D eigenvalue weighted by molar-refractivity contribution is 5.85. The summed E-state index contributed by atoms with van der Waals surface area (Å²) in [5.41, 5.74) is 3.52. The number of anilines is 1. The Hall–Kier alpha value is -2.04. The third-order valence-electron chi connectivity index (χ3n) is 4.22. The van der Waals surface area contributed by atoms with Crippen LogP contribution < -0.4 is 15.5 Å². The molecule has 1 heterocycles. The van der Waals surface area contributed by atoms with E-state index in [1.807, 2.05) is 49.4 Å². The molecule has 0 saturated carbocycles. The summed E-state index contributed by atoms with van der Waals surface area (Å²) in [7, 11) is 0. The van der Waals surface area contributed by atoms with Crippen molar-refractivity contribution in [2.75, 3.05) is 24.5 Å². The Labute approximate surface area is 149 Å². The first kappa shape index (κ1) is 18.3. The zero-order valence-corrected chi connectivity index (χ0v) is 14.7. The van der Waals surface area contributed by atoms with Gasteiger partial charge >= 0.3 is 0 Å². The largest absolute Gasteiger partial charge is 0.361 e. The molecule has 4 nitrogen and oxygen atoms in total. The van der Waals surface area contributed by atoms with Crippen molar-refractivity contribution in [3.05, 3.63) is 65.7 Å². The molecule has 1 aliphatic heterocycles. The highest BCUT2D eigenvalue weighted by Gasteiger charge is 2.18. The predicted molar refractivity (Wildman–Crippen MR) is 101 cm³/mol.